The lowest BCUT2D eigenvalue weighted by Gasteiger charge is -2.33. The predicted molar refractivity (Wildman–Crippen MR) is 144 cm³/mol. The number of carbonyl (C=O) groups is 3. The number of hydrogen-bond acceptors (Lipinski definition) is 6. The van der Waals surface area contributed by atoms with Crippen LogP contribution in [-0.4, -0.2) is 35.0 Å². The van der Waals surface area contributed by atoms with Crippen LogP contribution in [0.5, 0.6) is 0 Å². The Morgan fingerprint density at radius 2 is 1.63 bits per heavy atom. The molecule has 0 aromatic heterocycles. The normalized spacial score (nSPS) is 11.7. The van der Waals surface area contributed by atoms with Gasteiger partial charge in [0.25, 0.3) is 5.69 Å². The van der Waals surface area contributed by atoms with Crippen molar-refractivity contribution in [3.63, 3.8) is 0 Å². The van der Waals surface area contributed by atoms with Crippen LogP contribution in [0.4, 0.5) is 21.9 Å². The van der Waals surface area contributed by atoms with Crippen LogP contribution in [0.3, 0.4) is 0 Å². The number of aryl methyl sites for hydroxylation is 1. The average Bonchev–Trinajstić information content (AvgIpc) is 2.85. The van der Waals surface area contributed by atoms with Crippen LogP contribution in [0, 0.1) is 17.0 Å². The number of nitrogens with one attached hydrogen (secondary N) is 2. The van der Waals surface area contributed by atoms with Gasteiger partial charge < -0.3 is 15.4 Å². The summed E-state index contributed by atoms with van der Waals surface area (Å²) in [6.07, 6.45) is 0. The van der Waals surface area contributed by atoms with Gasteiger partial charge in [-0.2, -0.15) is 0 Å². The Morgan fingerprint density at radius 1 is 0.974 bits per heavy atom. The molecular weight excluding hydrogens is 488 g/mol. The van der Waals surface area contributed by atoms with Crippen molar-refractivity contribution in [1.29, 1.82) is 0 Å². The molecule has 0 heterocycles. The number of para-hydroxylation sites is 1. The second-order valence-corrected chi connectivity index (χ2v) is 9.56. The van der Waals surface area contributed by atoms with Crippen molar-refractivity contribution >= 4 is 35.0 Å². The van der Waals surface area contributed by atoms with Crippen molar-refractivity contribution in [1.82, 2.24) is 5.32 Å². The molecule has 3 aromatic rings. The first-order valence-electron chi connectivity index (χ1n) is 11.9. The van der Waals surface area contributed by atoms with Gasteiger partial charge in [-0.15, -0.1) is 0 Å². The molecule has 0 saturated heterocycles. The van der Waals surface area contributed by atoms with Gasteiger partial charge in [0, 0.05) is 23.5 Å². The number of hydrogen-bond donors (Lipinski definition) is 2. The van der Waals surface area contributed by atoms with Gasteiger partial charge in [0.1, 0.15) is 5.60 Å². The summed E-state index contributed by atoms with van der Waals surface area (Å²) in [4.78, 5) is 51.4. The summed E-state index contributed by atoms with van der Waals surface area (Å²) < 4.78 is 5.63. The van der Waals surface area contributed by atoms with Gasteiger partial charge in [-0.3, -0.25) is 19.8 Å². The molecule has 0 bridgehead atoms. The Morgan fingerprint density at radius 3 is 2.21 bits per heavy atom. The molecule has 3 amide bonds. The van der Waals surface area contributed by atoms with E-state index >= 15 is 0 Å². The molecule has 0 radical (unpaired) electrons. The maximum Gasteiger partial charge on any atom is 0.334 e. The standard InChI is InChI=1S/C28H30N4O6/c1-19-9-8-10-21(17-19)30-27(35)29-18-24(33)31(22-11-6-5-7-12-22)25(26(34)38-28(2,3)4)20-13-15-23(16-14-20)32(36)37/h5-17,25H,18H2,1-4H3,(H2,29,30,35). The Kier molecular flexibility index (Phi) is 8.80. The Hall–Kier alpha value is -4.73. The van der Waals surface area contributed by atoms with E-state index in [9.17, 15) is 24.5 Å². The molecule has 0 fully saturated rings. The van der Waals surface area contributed by atoms with E-state index in [1.807, 2.05) is 13.0 Å². The number of amides is 3. The molecule has 2 N–H and O–H groups in total. The summed E-state index contributed by atoms with van der Waals surface area (Å²) in [5.41, 5.74) is 1.18. The summed E-state index contributed by atoms with van der Waals surface area (Å²) in [6.45, 7) is 6.55. The van der Waals surface area contributed by atoms with Gasteiger partial charge in [0.05, 0.1) is 11.5 Å². The minimum atomic E-state index is -1.27. The fourth-order valence-corrected chi connectivity index (χ4v) is 3.69. The second-order valence-electron chi connectivity index (χ2n) is 9.56. The smallest absolute Gasteiger partial charge is 0.334 e. The number of carbonyl (C=O) groups excluding carboxylic acids is 3. The molecule has 198 valence electrons. The maximum absolute atomic E-state index is 13.6. The molecule has 0 aliphatic rings. The SMILES string of the molecule is Cc1cccc(NC(=O)NCC(=O)N(c2ccccc2)C(C(=O)OC(C)(C)C)c2ccc([N+](=O)[O-])cc2)c1. The summed E-state index contributed by atoms with van der Waals surface area (Å²) in [5, 5.41) is 16.4. The number of ether oxygens (including phenoxy) is 1. The summed E-state index contributed by atoms with van der Waals surface area (Å²) in [5.74, 6) is -1.32. The molecule has 1 unspecified atom stereocenters. The second kappa shape index (κ2) is 12.0. The number of esters is 1. The van der Waals surface area contributed by atoms with Crippen molar-refractivity contribution in [2.24, 2.45) is 0 Å². The van der Waals surface area contributed by atoms with Crippen LogP contribution in [0.1, 0.15) is 37.9 Å². The van der Waals surface area contributed by atoms with Crippen LogP contribution in [0.15, 0.2) is 78.9 Å². The zero-order valence-electron chi connectivity index (χ0n) is 21.6. The van der Waals surface area contributed by atoms with Crippen molar-refractivity contribution in [2.45, 2.75) is 39.3 Å². The Balaban J connectivity index is 1.94. The van der Waals surface area contributed by atoms with E-state index < -0.39 is 41.0 Å². The molecule has 0 spiro atoms. The molecule has 10 nitrogen and oxygen atoms in total. The van der Waals surface area contributed by atoms with Crippen LogP contribution in [0.25, 0.3) is 0 Å². The lowest BCUT2D eigenvalue weighted by Crippen LogP contribution is -2.46. The molecule has 10 heteroatoms. The van der Waals surface area contributed by atoms with Crippen LogP contribution < -0.4 is 15.5 Å². The third kappa shape index (κ3) is 7.63. The molecule has 38 heavy (non-hydrogen) atoms. The van der Waals surface area contributed by atoms with E-state index in [4.69, 9.17) is 4.74 Å². The first-order valence-corrected chi connectivity index (χ1v) is 11.9. The van der Waals surface area contributed by atoms with E-state index in [0.717, 1.165) is 5.56 Å². The fourth-order valence-electron chi connectivity index (χ4n) is 3.69. The number of urea groups is 1. The number of nitro benzene ring substituents is 1. The lowest BCUT2D eigenvalue weighted by atomic mass is 10.0. The highest BCUT2D eigenvalue weighted by Gasteiger charge is 2.36. The van der Waals surface area contributed by atoms with Crippen LogP contribution >= 0.6 is 0 Å². The molecule has 3 rings (SSSR count). The van der Waals surface area contributed by atoms with E-state index in [1.165, 1.54) is 29.2 Å². The Bertz CT molecular complexity index is 1300. The van der Waals surface area contributed by atoms with Gasteiger partial charge in [-0.1, -0.05) is 30.3 Å². The molecule has 0 aliphatic carbocycles. The lowest BCUT2D eigenvalue weighted by molar-refractivity contribution is -0.384. The van der Waals surface area contributed by atoms with Gasteiger partial charge in [-0.25, -0.2) is 9.59 Å². The zero-order valence-corrected chi connectivity index (χ0v) is 21.6. The first-order chi connectivity index (χ1) is 17.9. The molecule has 0 aliphatic heterocycles. The third-order valence-corrected chi connectivity index (χ3v) is 5.29. The van der Waals surface area contributed by atoms with Crippen molar-refractivity contribution in [2.75, 3.05) is 16.8 Å². The number of nitro groups is 1. The minimum absolute atomic E-state index is 0.163. The third-order valence-electron chi connectivity index (χ3n) is 5.29. The Labute approximate surface area is 220 Å². The molecule has 1 atom stereocenters. The average molecular weight is 519 g/mol. The van der Waals surface area contributed by atoms with Crippen LogP contribution in [-0.2, 0) is 14.3 Å². The number of anilines is 2. The van der Waals surface area contributed by atoms with Crippen molar-refractivity contribution < 1.29 is 24.0 Å². The first kappa shape index (κ1) is 27.9. The number of non-ortho nitro benzene ring substituents is 1. The molecule has 3 aromatic carbocycles. The monoisotopic (exact) mass is 518 g/mol. The number of rotatable bonds is 8. The topological polar surface area (TPSA) is 131 Å². The summed E-state index contributed by atoms with van der Waals surface area (Å²) in [7, 11) is 0. The highest BCUT2D eigenvalue weighted by Crippen LogP contribution is 2.31. The number of benzene rings is 3. The van der Waals surface area contributed by atoms with Crippen LogP contribution in [0.2, 0.25) is 0 Å². The van der Waals surface area contributed by atoms with Gasteiger partial charge >= 0.3 is 12.0 Å². The molecular formula is C28H30N4O6. The van der Waals surface area contributed by atoms with Gasteiger partial charge in [-0.05, 0) is 75.2 Å². The van der Waals surface area contributed by atoms with Gasteiger partial charge in [0.15, 0.2) is 6.04 Å². The minimum Gasteiger partial charge on any atom is -0.458 e. The van der Waals surface area contributed by atoms with Crippen molar-refractivity contribution in [3.05, 3.63) is 100 Å². The fraction of sp³-hybridized carbons (Fsp3) is 0.250. The highest BCUT2D eigenvalue weighted by molar-refractivity contribution is 6.03. The maximum atomic E-state index is 13.6. The largest absolute Gasteiger partial charge is 0.458 e. The van der Waals surface area contributed by atoms with Crippen molar-refractivity contribution in [3.8, 4) is 0 Å². The van der Waals surface area contributed by atoms with Gasteiger partial charge in [0.2, 0.25) is 5.91 Å². The van der Waals surface area contributed by atoms with E-state index in [1.54, 1.807) is 69.3 Å². The van der Waals surface area contributed by atoms with E-state index in [0.29, 0.717) is 16.9 Å². The van der Waals surface area contributed by atoms with E-state index in [-0.39, 0.29) is 5.69 Å². The highest BCUT2D eigenvalue weighted by atomic mass is 16.6. The molecule has 0 saturated carbocycles. The zero-order chi connectivity index (χ0) is 27.9. The van der Waals surface area contributed by atoms with E-state index in [2.05, 4.69) is 10.6 Å². The number of nitrogens with zero attached hydrogens (tertiary/aromatic N) is 2. The quantitative estimate of drug-likeness (QED) is 0.241. The predicted octanol–water partition coefficient (Wildman–Crippen LogP) is 5.14. The summed E-state index contributed by atoms with van der Waals surface area (Å²) in [6, 6.07) is 19.1. The summed E-state index contributed by atoms with van der Waals surface area (Å²) >= 11 is 0.